The standard InChI is InChI=1S/C17H16N6OS/c1-10-4-11(2)6-13(5-10)24-15-7-14(21-17(22-15)25-3)23-16(19)12(8-18)9-20-23/h4-7,9H,19H2,1-3H3. The molecular formula is C17H16N6OS. The van der Waals surface area contributed by atoms with E-state index >= 15 is 0 Å². The van der Waals surface area contributed by atoms with Gasteiger partial charge in [-0.3, -0.25) is 0 Å². The van der Waals surface area contributed by atoms with Crippen LogP contribution in [0.3, 0.4) is 0 Å². The van der Waals surface area contributed by atoms with E-state index in [9.17, 15) is 0 Å². The summed E-state index contributed by atoms with van der Waals surface area (Å²) in [7, 11) is 0. The second-order valence-corrected chi connectivity index (χ2v) is 6.22. The van der Waals surface area contributed by atoms with Gasteiger partial charge in [0.25, 0.3) is 0 Å². The number of hydrogen-bond acceptors (Lipinski definition) is 7. The van der Waals surface area contributed by atoms with Crippen LogP contribution in [0.5, 0.6) is 11.6 Å². The van der Waals surface area contributed by atoms with Crippen LogP contribution in [0.15, 0.2) is 35.6 Å². The first-order chi connectivity index (χ1) is 12.0. The van der Waals surface area contributed by atoms with Crippen LogP contribution >= 0.6 is 11.8 Å². The molecule has 25 heavy (non-hydrogen) atoms. The van der Waals surface area contributed by atoms with Crippen LogP contribution in [0, 0.1) is 25.2 Å². The molecule has 8 heteroatoms. The summed E-state index contributed by atoms with van der Waals surface area (Å²) >= 11 is 1.38. The number of aromatic nitrogens is 4. The molecule has 0 fully saturated rings. The third kappa shape index (κ3) is 3.56. The molecule has 2 N–H and O–H groups in total. The summed E-state index contributed by atoms with van der Waals surface area (Å²) in [5, 5.41) is 13.7. The SMILES string of the molecule is CSc1nc(Oc2cc(C)cc(C)c2)cc(-n2ncc(C#N)c2N)n1. The molecule has 0 spiro atoms. The van der Waals surface area contributed by atoms with E-state index in [0.29, 0.717) is 28.2 Å². The molecule has 3 rings (SSSR count). The second kappa shape index (κ2) is 6.83. The molecule has 3 aromatic rings. The Kier molecular flexibility index (Phi) is 4.59. The van der Waals surface area contributed by atoms with Crippen molar-refractivity contribution in [3.63, 3.8) is 0 Å². The van der Waals surface area contributed by atoms with E-state index in [1.165, 1.54) is 22.6 Å². The number of ether oxygens (including phenoxy) is 1. The molecular weight excluding hydrogens is 336 g/mol. The Morgan fingerprint density at radius 1 is 1.16 bits per heavy atom. The van der Waals surface area contributed by atoms with Crippen molar-refractivity contribution < 1.29 is 4.74 Å². The molecule has 7 nitrogen and oxygen atoms in total. The maximum atomic E-state index is 9.04. The monoisotopic (exact) mass is 352 g/mol. The molecule has 0 aliphatic carbocycles. The van der Waals surface area contributed by atoms with Gasteiger partial charge in [-0.05, 0) is 43.4 Å². The van der Waals surface area contributed by atoms with Crippen LogP contribution in [-0.2, 0) is 0 Å². The molecule has 1 aromatic carbocycles. The first kappa shape index (κ1) is 16.8. The molecule has 0 aliphatic heterocycles. The predicted octanol–water partition coefficient (Wildman–Crippen LogP) is 3.25. The minimum atomic E-state index is 0.227. The van der Waals surface area contributed by atoms with Gasteiger partial charge < -0.3 is 10.5 Å². The molecule has 0 saturated heterocycles. The lowest BCUT2D eigenvalue weighted by atomic mass is 10.1. The molecule has 126 valence electrons. The van der Waals surface area contributed by atoms with Crippen LogP contribution in [0.4, 0.5) is 5.82 Å². The Morgan fingerprint density at radius 3 is 2.48 bits per heavy atom. The summed E-state index contributed by atoms with van der Waals surface area (Å²) in [5.41, 5.74) is 8.44. The van der Waals surface area contributed by atoms with Gasteiger partial charge in [-0.1, -0.05) is 17.8 Å². The normalized spacial score (nSPS) is 10.5. The smallest absolute Gasteiger partial charge is 0.225 e. The fourth-order valence-corrected chi connectivity index (χ4v) is 2.75. The Balaban J connectivity index is 2.03. The molecule has 0 bridgehead atoms. The second-order valence-electron chi connectivity index (χ2n) is 5.44. The molecule has 0 aliphatic rings. The number of rotatable bonds is 4. The van der Waals surface area contributed by atoms with Gasteiger partial charge in [0.2, 0.25) is 5.88 Å². The molecule has 2 heterocycles. The lowest BCUT2D eigenvalue weighted by Crippen LogP contribution is -2.06. The maximum Gasteiger partial charge on any atom is 0.225 e. The lowest BCUT2D eigenvalue weighted by Gasteiger charge is -2.10. The van der Waals surface area contributed by atoms with E-state index in [2.05, 4.69) is 21.1 Å². The number of anilines is 1. The fraction of sp³-hybridized carbons (Fsp3) is 0.176. The Bertz CT molecular complexity index is 956. The summed E-state index contributed by atoms with van der Waals surface area (Å²) in [6, 6.07) is 9.57. The summed E-state index contributed by atoms with van der Waals surface area (Å²) in [6.45, 7) is 4.01. The molecule has 0 atom stereocenters. The number of hydrogen-bond donors (Lipinski definition) is 1. The quantitative estimate of drug-likeness (QED) is 0.568. The first-order valence-corrected chi connectivity index (χ1v) is 8.66. The van der Waals surface area contributed by atoms with E-state index in [1.807, 2.05) is 38.3 Å². The van der Waals surface area contributed by atoms with E-state index in [0.717, 1.165) is 11.1 Å². The van der Waals surface area contributed by atoms with Gasteiger partial charge in [0.1, 0.15) is 23.2 Å². The number of benzene rings is 1. The lowest BCUT2D eigenvalue weighted by molar-refractivity contribution is 0.454. The Hall–Kier alpha value is -3.05. The molecule has 0 unspecified atom stereocenters. The Labute approximate surface area is 149 Å². The molecule has 0 radical (unpaired) electrons. The van der Waals surface area contributed by atoms with Crippen LogP contribution in [-0.4, -0.2) is 26.0 Å². The average Bonchev–Trinajstić information content (AvgIpc) is 2.94. The zero-order valence-corrected chi connectivity index (χ0v) is 14.8. The number of nitrogens with zero attached hydrogens (tertiary/aromatic N) is 5. The third-order valence-electron chi connectivity index (χ3n) is 3.41. The van der Waals surface area contributed by atoms with Gasteiger partial charge in [-0.2, -0.15) is 20.0 Å². The predicted molar refractivity (Wildman–Crippen MR) is 96.1 cm³/mol. The highest BCUT2D eigenvalue weighted by Gasteiger charge is 2.13. The van der Waals surface area contributed by atoms with E-state index < -0.39 is 0 Å². The molecule has 2 aromatic heterocycles. The molecule has 0 amide bonds. The van der Waals surface area contributed by atoms with E-state index in [4.69, 9.17) is 15.7 Å². The van der Waals surface area contributed by atoms with Gasteiger partial charge in [0.15, 0.2) is 11.0 Å². The van der Waals surface area contributed by atoms with Crippen molar-refractivity contribution in [3.05, 3.63) is 47.2 Å². The minimum Gasteiger partial charge on any atom is -0.439 e. The number of nitrogens with two attached hydrogens (primary N) is 1. The van der Waals surface area contributed by atoms with Crippen molar-refractivity contribution in [1.82, 2.24) is 19.7 Å². The highest BCUT2D eigenvalue weighted by molar-refractivity contribution is 7.98. The van der Waals surface area contributed by atoms with Gasteiger partial charge >= 0.3 is 0 Å². The summed E-state index contributed by atoms with van der Waals surface area (Å²) in [5.74, 6) is 1.75. The number of thioether (sulfide) groups is 1. The minimum absolute atomic E-state index is 0.227. The number of aryl methyl sites for hydroxylation is 2. The zero-order chi connectivity index (χ0) is 18.0. The van der Waals surface area contributed by atoms with E-state index in [-0.39, 0.29) is 5.82 Å². The van der Waals surface area contributed by atoms with Gasteiger partial charge in [0, 0.05) is 6.07 Å². The topological polar surface area (TPSA) is 103 Å². The number of nitriles is 1. The van der Waals surface area contributed by atoms with Gasteiger partial charge in [-0.15, -0.1) is 0 Å². The van der Waals surface area contributed by atoms with Crippen LogP contribution in [0.1, 0.15) is 16.7 Å². The third-order valence-corrected chi connectivity index (χ3v) is 3.96. The summed E-state index contributed by atoms with van der Waals surface area (Å²) in [6.07, 6.45) is 3.27. The van der Waals surface area contributed by atoms with Crippen LogP contribution in [0.2, 0.25) is 0 Å². The number of nitrogen functional groups attached to an aromatic ring is 1. The average molecular weight is 352 g/mol. The van der Waals surface area contributed by atoms with Crippen molar-refractivity contribution in [3.8, 4) is 23.5 Å². The highest BCUT2D eigenvalue weighted by Crippen LogP contribution is 2.26. The zero-order valence-electron chi connectivity index (χ0n) is 14.0. The molecule has 0 saturated carbocycles. The highest BCUT2D eigenvalue weighted by atomic mass is 32.2. The van der Waals surface area contributed by atoms with E-state index in [1.54, 1.807) is 6.07 Å². The summed E-state index contributed by atoms with van der Waals surface area (Å²) < 4.78 is 7.30. The van der Waals surface area contributed by atoms with Crippen molar-refractivity contribution in [2.24, 2.45) is 0 Å². The Morgan fingerprint density at radius 2 is 1.88 bits per heavy atom. The largest absolute Gasteiger partial charge is 0.439 e. The first-order valence-electron chi connectivity index (χ1n) is 7.43. The van der Waals surface area contributed by atoms with Crippen LogP contribution in [0.25, 0.3) is 5.82 Å². The van der Waals surface area contributed by atoms with Gasteiger partial charge in [-0.25, -0.2) is 4.98 Å². The van der Waals surface area contributed by atoms with Crippen molar-refractivity contribution in [1.29, 1.82) is 5.26 Å². The van der Waals surface area contributed by atoms with Crippen LogP contribution < -0.4 is 10.5 Å². The van der Waals surface area contributed by atoms with Crippen molar-refractivity contribution in [2.45, 2.75) is 19.0 Å². The summed E-state index contributed by atoms with van der Waals surface area (Å²) in [4.78, 5) is 8.76. The fourth-order valence-electron chi connectivity index (χ4n) is 2.38. The van der Waals surface area contributed by atoms with Crippen molar-refractivity contribution >= 4 is 17.6 Å². The van der Waals surface area contributed by atoms with Gasteiger partial charge in [0.05, 0.1) is 6.20 Å². The maximum absolute atomic E-state index is 9.04. The van der Waals surface area contributed by atoms with Crippen molar-refractivity contribution in [2.75, 3.05) is 12.0 Å².